The van der Waals surface area contributed by atoms with E-state index in [0.717, 1.165) is 46.2 Å². The van der Waals surface area contributed by atoms with E-state index in [2.05, 4.69) is 32.3 Å². The molecule has 3 atom stereocenters. The number of nitrogens with zero attached hydrogens (tertiary/aromatic N) is 1. The SMILES string of the molecule is CCCCCC(C(=O)NCNC(=O)c1ccc(-c2ccc(C(=O)NC(CC(=O)OC)C(=O)OC)c(OCC(=O)OC)c2)o1)[C@@H](CC)N(C=O)OCc1ccccc1. The van der Waals surface area contributed by atoms with Gasteiger partial charge in [0.15, 0.2) is 12.4 Å². The summed E-state index contributed by atoms with van der Waals surface area (Å²) in [5, 5.41) is 8.96. The summed E-state index contributed by atoms with van der Waals surface area (Å²) < 4.78 is 25.3. The van der Waals surface area contributed by atoms with Crippen LogP contribution in [0.3, 0.4) is 0 Å². The molecule has 3 rings (SSSR count). The number of rotatable bonds is 24. The van der Waals surface area contributed by atoms with E-state index in [1.54, 1.807) is 0 Å². The molecule has 17 nitrogen and oxygen atoms in total. The van der Waals surface area contributed by atoms with Gasteiger partial charge in [-0.25, -0.2) is 14.7 Å². The molecule has 0 fully saturated rings. The third-order valence-electron chi connectivity index (χ3n) is 8.81. The molecule has 3 N–H and O–H groups in total. The summed E-state index contributed by atoms with van der Waals surface area (Å²) in [6.07, 6.45) is 3.60. The Balaban J connectivity index is 1.73. The minimum Gasteiger partial charge on any atom is -0.481 e. The molecule has 0 aliphatic heterocycles. The number of carbonyl (C=O) groups is 7. The van der Waals surface area contributed by atoms with Gasteiger partial charge in [0, 0.05) is 5.56 Å². The van der Waals surface area contributed by atoms with Gasteiger partial charge in [-0.15, -0.1) is 0 Å². The number of amides is 4. The van der Waals surface area contributed by atoms with Crippen LogP contribution < -0.4 is 20.7 Å². The molecule has 17 heteroatoms. The van der Waals surface area contributed by atoms with Gasteiger partial charge >= 0.3 is 17.9 Å². The fraction of sp³-hybridized carbons (Fsp3) is 0.425. The molecule has 0 aliphatic rings. The Kier molecular flexibility index (Phi) is 18.7. The number of methoxy groups -OCH3 is 3. The number of ether oxygens (including phenoxy) is 4. The predicted octanol–water partition coefficient (Wildman–Crippen LogP) is 3.70. The lowest BCUT2D eigenvalue weighted by atomic mass is 9.90. The number of hydrogen-bond acceptors (Lipinski definition) is 13. The molecule has 0 spiro atoms. The molecule has 0 saturated heterocycles. The van der Waals surface area contributed by atoms with Crippen molar-refractivity contribution < 1.29 is 61.8 Å². The lowest BCUT2D eigenvalue weighted by Gasteiger charge is -2.32. The highest BCUT2D eigenvalue weighted by molar-refractivity contribution is 6.00. The first-order valence-electron chi connectivity index (χ1n) is 18.4. The second-order valence-electron chi connectivity index (χ2n) is 12.6. The Morgan fingerprint density at radius 3 is 2.23 bits per heavy atom. The summed E-state index contributed by atoms with van der Waals surface area (Å²) >= 11 is 0. The van der Waals surface area contributed by atoms with E-state index in [1.165, 1.54) is 35.4 Å². The number of hydrogen-bond donors (Lipinski definition) is 3. The van der Waals surface area contributed by atoms with E-state index >= 15 is 0 Å². The molecule has 2 aromatic carbocycles. The summed E-state index contributed by atoms with van der Waals surface area (Å²) in [6.45, 7) is 3.26. The Labute approximate surface area is 330 Å². The molecule has 0 saturated carbocycles. The van der Waals surface area contributed by atoms with E-state index < -0.39 is 60.8 Å². The van der Waals surface area contributed by atoms with Gasteiger partial charge in [0.2, 0.25) is 12.3 Å². The lowest BCUT2D eigenvalue weighted by Crippen LogP contribution is -2.48. The molecule has 2 unspecified atom stereocenters. The van der Waals surface area contributed by atoms with Gasteiger partial charge < -0.3 is 39.3 Å². The van der Waals surface area contributed by atoms with Gasteiger partial charge in [0.1, 0.15) is 24.2 Å². The highest BCUT2D eigenvalue weighted by atomic mass is 16.7. The summed E-state index contributed by atoms with van der Waals surface area (Å²) in [5.74, 6) is -4.90. The standard InChI is InChI=1S/C40H50N4O13/c1-6-8-10-15-28(31(7-2)44(25-45)56-22-26-13-11-9-12-14-26)37(48)41-24-42-39(50)33-19-18-32(57-33)27-16-17-29(34(20-27)55-23-36(47)53-4)38(49)43-30(40(51)54-5)21-35(46)52-3/h9,11-14,16-20,25,28,30-31H,6-8,10,15,21-24H2,1-5H3,(H,41,48)(H,42,50)(H,43,49)/t28?,30?,31-/m1/s1. The van der Waals surface area contributed by atoms with Crippen molar-refractivity contribution in [1.29, 1.82) is 0 Å². The van der Waals surface area contributed by atoms with Gasteiger partial charge in [0.05, 0.1) is 51.9 Å². The first-order chi connectivity index (χ1) is 27.5. The summed E-state index contributed by atoms with van der Waals surface area (Å²) in [5.41, 5.74) is 1.09. The fourth-order valence-electron chi connectivity index (χ4n) is 5.73. The number of carbonyl (C=O) groups excluding carboxylic acids is 7. The number of hydroxylamine groups is 2. The van der Waals surface area contributed by atoms with Crippen LogP contribution in [0.4, 0.5) is 0 Å². The average Bonchev–Trinajstić information content (AvgIpc) is 3.73. The largest absolute Gasteiger partial charge is 0.481 e. The molecule has 0 aliphatic carbocycles. The maximum atomic E-state index is 13.5. The molecule has 1 heterocycles. The second-order valence-corrected chi connectivity index (χ2v) is 12.6. The predicted molar refractivity (Wildman–Crippen MR) is 203 cm³/mol. The number of unbranched alkanes of at least 4 members (excludes halogenated alkanes) is 2. The van der Waals surface area contributed by atoms with Gasteiger partial charge in [-0.3, -0.25) is 28.8 Å². The molecule has 57 heavy (non-hydrogen) atoms. The smallest absolute Gasteiger partial charge is 0.343 e. The van der Waals surface area contributed by atoms with E-state index in [0.29, 0.717) is 24.8 Å². The Bertz CT molecular complexity index is 1810. The monoisotopic (exact) mass is 794 g/mol. The van der Waals surface area contributed by atoms with Crippen LogP contribution >= 0.6 is 0 Å². The number of furan rings is 1. The number of nitrogens with one attached hydrogen (secondary N) is 3. The van der Waals surface area contributed by atoms with E-state index in [-0.39, 0.29) is 42.0 Å². The molecule has 4 amide bonds. The van der Waals surface area contributed by atoms with Gasteiger partial charge in [0.25, 0.3) is 11.8 Å². The quantitative estimate of drug-likeness (QED) is 0.0295. The van der Waals surface area contributed by atoms with Crippen LogP contribution in [0.15, 0.2) is 65.1 Å². The second kappa shape index (κ2) is 23.6. The fourth-order valence-corrected chi connectivity index (χ4v) is 5.73. The van der Waals surface area contributed by atoms with Crippen molar-refractivity contribution in [3.8, 4) is 17.1 Å². The van der Waals surface area contributed by atoms with Crippen molar-refractivity contribution in [1.82, 2.24) is 21.0 Å². The normalized spacial score (nSPS) is 12.2. The zero-order valence-corrected chi connectivity index (χ0v) is 32.7. The molecule has 3 aromatic rings. The first kappa shape index (κ1) is 45.2. The Hall–Kier alpha value is -6.23. The van der Waals surface area contributed by atoms with Gasteiger partial charge in [-0.1, -0.05) is 69.5 Å². The van der Waals surface area contributed by atoms with Gasteiger partial charge in [-0.05, 0) is 42.7 Å². The minimum atomic E-state index is -1.39. The maximum Gasteiger partial charge on any atom is 0.343 e. The minimum absolute atomic E-state index is 0.103. The van der Waals surface area contributed by atoms with Crippen LogP contribution in [0.5, 0.6) is 5.75 Å². The highest BCUT2D eigenvalue weighted by Gasteiger charge is 2.32. The highest BCUT2D eigenvalue weighted by Crippen LogP contribution is 2.30. The van der Waals surface area contributed by atoms with Crippen LogP contribution in [0.25, 0.3) is 11.3 Å². The molecule has 0 radical (unpaired) electrons. The number of benzene rings is 2. The van der Waals surface area contributed by atoms with Crippen LogP contribution in [0.1, 0.15) is 78.8 Å². The van der Waals surface area contributed by atoms with E-state index in [9.17, 15) is 33.6 Å². The lowest BCUT2D eigenvalue weighted by molar-refractivity contribution is -0.200. The van der Waals surface area contributed by atoms with E-state index in [1.807, 2.05) is 37.3 Å². The van der Waals surface area contributed by atoms with Crippen molar-refractivity contribution in [2.75, 3.05) is 34.6 Å². The summed E-state index contributed by atoms with van der Waals surface area (Å²) in [7, 11) is 3.37. The third kappa shape index (κ3) is 13.8. The zero-order valence-electron chi connectivity index (χ0n) is 32.7. The number of esters is 3. The van der Waals surface area contributed by atoms with Crippen LogP contribution in [-0.2, 0) is 49.6 Å². The van der Waals surface area contributed by atoms with Crippen LogP contribution in [0, 0.1) is 5.92 Å². The van der Waals surface area contributed by atoms with Crippen molar-refractivity contribution in [2.24, 2.45) is 5.92 Å². The van der Waals surface area contributed by atoms with Crippen molar-refractivity contribution in [3.63, 3.8) is 0 Å². The molecule has 308 valence electrons. The van der Waals surface area contributed by atoms with Crippen molar-refractivity contribution >= 4 is 42.0 Å². The molecular formula is C40H50N4O13. The third-order valence-corrected chi connectivity index (χ3v) is 8.81. The first-order valence-corrected chi connectivity index (χ1v) is 18.4. The summed E-state index contributed by atoms with van der Waals surface area (Å²) in [6, 6.07) is 14.5. The topological polar surface area (TPSA) is 218 Å². The molecular weight excluding hydrogens is 744 g/mol. The van der Waals surface area contributed by atoms with E-state index in [4.69, 9.17) is 18.7 Å². The van der Waals surface area contributed by atoms with Crippen LogP contribution in [0.2, 0.25) is 0 Å². The maximum absolute atomic E-state index is 13.5. The van der Waals surface area contributed by atoms with Crippen LogP contribution in [-0.4, -0.2) is 93.8 Å². The Morgan fingerprint density at radius 2 is 1.58 bits per heavy atom. The molecule has 0 bridgehead atoms. The Morgan fingerprint density at radius 1 is 0.842 bits per heavy atom. The van der Waals surface area contributed by atoms with Crippen molar-refractivity contribution in [3.05, 3.63) is 77.6 Å². The average molecular weight is 795 g/mol. The summed E-state index contributed by atoms with van der Waals surface area (Å²) in [4.78, 5) is 93.8. The van der Waals surface area contributed by atoms with Crippen molar-refractivity contribution in [2.45, 2.75) is 71.1 Å². The van der Waals surface area contributed by atoms with Gasteiger partial charge in [-0.2, -0.15) is 0 Å². The molecule has 1 aromatic heterocycles. The zero-order chi connectivity index (χ0) is 41.7.